The van der Waals surface area contributed by atoms with Crippen molar-refractivity contribution in [2.75, 3.05) is 26.3 Å². The number of hydrogen-bond donors (Lipinski definition) is 2. The number of thiophene rings is 1. The van der Waals surface area contributed by atoms with E-state index < -0.39 is 10.0 Å². The monoisotopic (exact) mass is 472 g/mol. The lowest BCUT2D eigenvalue weighted by molar-refractivity contribution is 0.0731. The topological polar surface area (TPSA) is 97.0 Å². The maximum Gasteiger partial charge on any atom is 0.252 e. The summed E-state index contributed by atoms with van der Waals surface area (Å²) in [6, 6.07) is 3.90. The van der Waals surface area contributed by atoms with Gasteiger partial charge in [-0.3, -0.25) is 0 Å². The highest BCUT2D eigenvalue weighted by atomic mass is 127. The molecule has 23 heavy (non-hydrogen) atoms. The standard InChI is InChI=1S/C13H20N4O3S2.HI/c14-13(16-10-1-2-10)15-9-11-3-4-12(21-11)22(18,19)17-5-7-20-8-6-17;/h3-4,10H,1-2,5-9H2,(H3,14,15,16);1H. The van der Waals surface area contributed by atoms with E-state index >= 15 is 0 Å². The van der Waals surface area contributed by atoms with Crippen LogP contribution in [0.15, 0.2) is 21.3 Å². The quantitative estimate of drug-likeness (QED) is 0.378. The molecule has 3 rings (SSSR count). The van der Waals surface area contributed by atoms with E-state index in [0.717, 1.165) is 17.7 Å². The van der Waals surface area contributed by atoms with E-state index in [1.54, 1.807) is 12.1 Å². The number of rotatable bonds is 5. The Hall–Kier alpha value is -0.430. The van der Waals surface area contributed by atoms with Crippen molar-refractivity contribution >= 4 is 51.3 Å². The Morgan fingerprint density at radius 2 is 2.09 bits per heavy atom. The summed E-state index contributed by atoms with van der Waals surface area (Å²) in [6.45, 7) is 2.11. The highest BCUT2D eigenvalue weighted by molar-refractivity contribution is 14.0. The molecule has 1 aromatic heterocycles. The van der Waals surface area contributed by atoms with Crippen LogP contribution in [0.25, 0.3) is 0 Å². The van der Waals surface area contributed by atoms with Crippen LogP contribution in [0.4, 0.5) is 0 Å². The third-order valence-electron chi connectivity index (χ3n) is 3.54. The molecular weight excluding hydrogens is 451 g/mol. The predicted octanol–water partition coefficient (Wildman–Crippen LogP) is 0.954. The van der Waals surface area contributed by atoms with Gasteiger partial charge in [0.05, 0.1) is 19.8 Å². The molecule has 1 saturated carbocycles. The average Bonchev–Trinajstić information content (AvgIpc) is 3.19. The zero-order valence-corrected chi connectivity index (χ0v) is 16.6. The second kappa shape index (κ2) is 8.10. The summed E-state index contributed by atoms with van der Waals surface area (Å²) in [4.78, 5) is 5.13. The van der Waals surface area contributed by atoms with Gasteiger partial charge in [-0.15, -0.1) is 35.3 Å². The summed E-state index contributed by atoms with van der Waals surface area (Å²) >= 11 is 1.25. The van der Waals surface area contributed by atoms with Gasteiger partial charge in [-0.1, -0.05) is 0 Å². The molecule has 0 aromatic carbocycles. The molecule has 2 aliphatic rings. The number of halogens is 1. The fraction of sp³-hybridized carbons (Fsp3) is 0.615. The lowest BCUT2D eigenvalue weighted by Crippen LogP contribution is -2.40. The molecule has 2 fully saturated rings. The van der Waals surface area contributed by atoms with Gasteiger partial charge in [0.2, 0.25) is 0 Å². The van der Waals surface area contributed by atoms with Gasteiger partial charge in [-0.05, 0) is 25.0 Å². The first-order chi connectivity index (χ1) is 10.6. The van der Waals surface area contributed by atoms with Gasteiger partial charge >= 0.3 is 0 Å². The Bertz CT molecular complexity index is 652. The van der Waals surface area contributed by atoms with Crippen molar-refractivity contribution in [2.24, 2.45) is 10.7 Å². The van der Waals surface area contributed by atoms with Gasteiger partial charge in [-0.25, -0.2) is 13.4 Å². The predicted molar refractivity (Wildman–Crippen MR) is 101 cm³/mol. The van der Waals surface area contributed by atoms with Crippen LogP contribution in [-0.2, 0) is 21.3 Å². The fourth-order valence-corrected chi connectivity index (χ4v) is 4.98. The Morgan fingerprint density at radius 3 is 2.74 bits per heavy atom. The number of morpholine rings is 1. The van der Waals surface area contributed by atoms with E-state index in [1.807, 2.05) is 0 Å². The molecule has 0 unspecified atom stereocenters. The van der Waals surface area contributed by atoms with Gasteiger partial charge < -0.3 is 15.8 Å². The molecule has 2 heterocycles. The van der Waals surface area contributed by atoms with E-state index in [4.69, 9.17) is 10.5 Å². The smallest absolute Gasteiger partial charge is 0.252 e. The minimum atomic E-state index is -3.41. The van der Waals surface area contributed by atoms with Gasteiger partial charge in [0.15, 0.2) is 5.96 Å². The summed E-state index contributed by atoms with van der Waals surface area (Å²) in [5.41, 5.74) is 5.78. The average molecular weight is 472 g/mol. The Balaban J connectivity index is 0.00000192. The summed E-state index contributed by atoms with van der Waals surface area (Å²) < 4.78 is 32.0. The lowest BCUT2D eigenvalue weighted by Gasteiger charge is -2.25. The van der Waals surface area contributed by atoms with E-state index in [2.05, 4.69) is 10.3 Å². The molecule has 1 aliphatic carbocycles. The van der Waals surface area contributed by atoms with Crippen LogP contribution in [0, 0.1) is 0 Å². The van der Waals surface area contributed by atoms with E-state index in [9.17, 15) is 8.42 Å². The van der Waals surface area contributed by atoms with Gasteiger partial charge in [0, 0.05) is 24.0 Å². The number of nitrogens with two attached hydrogens (primary N) is 1. The third-order valence-corrected chi connectivity index (χ3v) is 6.97. The number of nitrogens with zero attached hydrogens (tertiary/aromatic N) is 2. The molecule has 3 N–H and O–H groups in total. The van der Waals surface area contributed by atoms with Crippen molar-refractivity contribution in [1.82, 2.24) is 9.62 Å². The summed E-state index contributed by atoms with van der Waals surface area (Å²) in [5.74, 6) is 0.425. The van der Waals surface area contributed by atoms with Crippen molar-refractivity contribution in [2.45, 2.75) is 29.6 Å². The minimum Gasteiger partial charge on any atom is -0.379 e. The maximum atomic E-state index is 12.5. The van der Waals surface area contributed by atoms with Crippen molar-refractivity contribution in [3.8, 4) is 0 Å². The highest BCUT2D eigenvalue weighted by Crippen LogP contribution is 2.26. The van der Waals surface area contributed by atoms with Crippen molar-refractivity contribution in [1.29, 1.82) is 0 Å². The largest absolute Gasteiger partial charge is 0.379 e. The number of aliphatic imine (C=N–C) groups is 1. The third kappa shape index (κ3) is 5.02. The van der Waals surface area contributed by atoms with Gasteiger partial charge in [0.25, 0.3) is 10.0 Å². The van der Waals surface area contributed by atoms with Crippen LogP contribution in [0.3, 0.4) is 0 Å². The second-order valence-corrected chi connectivity index (χ2v) is 8.69. The molecule has 0 amide bonds. The minimum absolute atomic E-state index is 0. The van der Waals surface area contributed by atoms with Crippen molar-refractivity contribution in [3.05, 3.63) is 17.0 Å². The molecule has 0 radical (unpaired) electrons. The van der Waals surface area contributed by atoms with Crippen LogP contribution in [0.2, 0.25) is 0 Å². The lowest BCUT2D eigenvalue weighted by atomic mass is 10.5. The van der Waals surface area contributed by atoms with E-state index in [1.165, 1.54) is 15.6 Å². The first-order valence-electron chi connectivity index (χ1n) is 7.29. The molecule has 0 bridgehead atoms. The fourth-order valence-electron chi connectivity index (χ4n) is 2.14. The number of ether oxygens (including phenoxy) is 1. The normalized spacial score (nSPS) is 20.1. The zero-order chi connectivity index (χ0) is 15.6. The molecule has 0 atom stereocenters. The van der Waals surface area contributed by atoms with Crippen LogP contribution >= 0.6 is 35.3 Å². The van der Waals surface area contributed by atoms with E-state index in [0.29, 0.717) is 49.1 Å². The highest BCUT2D eigenvalue weighted by Gasteiger charge is 2.27. The van der Waals surface area contributed by atoms with Crippen LogP contribution in [0.1, 0.15) is 17.7 Å². The summed E-state index contributed by atoms with van der Waals surface area (Å²) in [6.07, 6.45) is 2.27. The van der Waals surface area contributed by atoms with Crippen molar-refractivity contribution < 1.29 is 13.2 Å². The molecule has 1 aliphatic heterocycles. The number of nitrogens with one attached hydrogen (secondary N) is 1. The molecule has 10 heteroatoms. The number of hydrogen-bond acceptors (Lipinski definition) is 5. The summed E-state index contributed by atoms with van der Waals surface area (Å²) in [5, 5.41) is 3.10. The second-order valence-electron chi connectivity index (χ2n) is 5.36. The van der Waals surface area contributed by atoms with Crippen LogP contribution < -0.4 is 11.1 Å². The van der Waals surface area contributed by atoms with E-state index in [-0.39, 0.29) is 24.0 Å². The Kier molecular flexibility index (Phi) is 6.66. The Labute approximate surface area is 157 Å². The molecule has 7 nitrogen and oxygen atoms in total. The molecule has 0 spiro atoms. The first kappa shape index (κ1) is 18.9. The molecule has 1 saturated heterocycles. The number of sulfonamides is 1. The zero-order valence-electron chi connectivity index (χ0n) is 12.6. The molecule has 130 valence electrons. The SMILES string of the molecule is I.NC(=NCc1ccc(S(=O)(=O)N2CCOCC2)s1)NC1CC1. The summed E-state index contributed by atoms with van der Waals surface area (Å²) in [7, 11) is -3.41. The molecule has 1 aromatic rings. The van der Waals surface area contributed by atoms with Crippen LogP contribution in [0.5, 0.6) is 0 Å². The first-order valence-corrected chi connectivity index (χ1v) is 9.54. The van der Waals surface area contributed by atoms with Gasteiger partial charge in [-0.2, -0.15) is 4.31 Å². The van der Waals surface area contributed by atoms with Crippen LogP contribution in [-0.4, -0.2) is 51.0 Å². The number of guanidine groups is 1. The maximum absolute atomic E-state index is 12.5. The van der Waals surface area contributed by atoms with Crippen molar-refractivity contribution in [3.63, 3.8) is 0 Å². The van der Waals surface area contributed by atoms with Gasteiger partial charge in [0.1, 0.15) is 4.21 Å². The molecular formula is C13H21IN4O3S2. The Morgan fingerprint density at radius 1 is 1.39 bits per heavy atom.